The molecule has 0 unspecified atom stereocenters. The van der Waals surface area contributed by atoms with E-state index >= 15 is 0 Å². The van der Waals surface area contributed by atoms with E-state index in [2.05, 4.69) is 20.9 Å². The van der Waals surface area contributed by atoms with Gasteiger partial charge in [0.1, 0.15) is 17.8 Å². The van der Waals surface area contributed by atoms with Crippen LogP contribution in [0.25, 0.3) is 0 Å². The number of benzene rings is 1. The van der Waals surface area contributed by atoms with Gasteiger partial charge in [0.05, 0.1) is 4.47 Å². The molecule has 0 bridgehead atoms. The summed E-state index contributed by atoms with van der Waals surface area (Å²) in [4.78, 5) is 14.1. The number of carboxylic acids is 1. The van der Waals surface area contributed by atoms with E-state index in [1.807, 2.05) is 0 Å². The molecule has 2 rings (SSSR count). The summed E-state index contributed by atoms with van der Waals surface area (Å²) in [6, 6.07) is 3.94. The van der Waals surface area contributed by atoms with Crippen molar-refractivity contribution in [1.82, 2.24) is 4.98 Å². The molecule has 1 heterocycles. The van der Waals surface area contributed by atoms with Gasteiger partial charge < -0.3 is 14.3 Å². The Kier molecular flexibility index (Phi) is 3.10. The molecule has 0 spiro atoms. The van der Waals surface area contributed by atoms with Crippen molar-refractivity contribution >= 4 is 21.9 Å². The third-order valence-electron chi connectivity index (χ3n) is 1.80. The van der Waals surface area contributed by atoms with E-state index in [-0.39, 0.29) is 22.0 Å². The highest BCUT2D eigenvalue weighted by Gasteiger charge is 2.12. The lowest BCUT2D eigenvalue weighted by Crippen LogP contribution is -1.95. The highest BCUT2D eigenvalue weighted by molar-refractivity contribution is 9.10. The highest BCUT2D eigenvalue weighted by Crippen LogP contribution is 2.25. The maximum Gasteiger partial charge on any atom is 0.399 e. The summed E-state index contributed by atoms with van der Waals surface area (Å²) in [5, 5.41) is 8.61. The van der Waals surface area contributed by atoms with Crippen molar-refractivity contribution in [2.75, 3.05) is 0 Å². The molecule has 0 aliphatic rings. The lowest BCUT2D eigenvalue weighted by Gasteiger charge is -2.01. The molecular formula is C10H5BrFNO4. The number of carboxylic acid groups (broad SMARTS) is 1. The summed E-state index contributed by atoms with van der Waals surface area (Å²) < 4.78 is 23.0. The highest BCUT2D eigenvalue weighted by atomic mass is 79.9. The number of hydrogen-bond acceptors (Lipinski definition) is 4. The van der Waals surface area contributed by atoms with Crippen molar-refractivity contribution in [2.45, 2.75) is 0 Å². The number of carbonyl (C=O) groups is 1. The lowest BCUT2D eigenvalue weighted by molar-refractivity contribution is 0.0690. The van der Waals surface area contributed by atoms with Crippen LogP contribution in [-0.2, 0) is 0 Å². The molecule has 0 saturated heterocycles. The molecule has 0 radical (unpaired) electrons. The predicted octanol–water partition coefficient (Wildman–Crippen LogP) is 3.07. The Morgan fingerprint density at radius 2 is 2.29 bits per heavy atom. The Morgan fingerprint density at radius 3 is 2.88 bits per heavy atom. The van der Waals surface area contributed by atoms with Gasteiger partial charge in [-0.1, -0.05) is 0 Å². The minimum atomic E-state index is -1.22. The summed E-state index contributed by atoms with van der Waals surface area (Å²) in [6.45, 7) is 0. The zero-order chi connectivity index (χ0) is 12.4. The second kappa shape index (κ2) is 4.54. The van der Waals surface area contributed by atoms with Crippen LogP contribution in [0.3, 0.4) is 0 Å². The first-order valence-corrected chi connectivity index (χ1v) is 5.17. The molecule has 0 saturated carbocycles. The van der Waals surface area contributed by atoms with E-state index in [1.54, 1.807) is 0 Å². The monoisotopic (exact) mass is 301 g/mol. The van der Waals surface area contributed by atoms with Gasteiger partial charge >= 0.3 is 12.0 Å². The molecule has 0 atom stereocenters. The van der Waals surface area contributed by atoms with E-state index in [0.717, 1.165) is 6.26 Å². The summed E-state index contributed by atoms with van der Waals surface area (Å²) >= 11 is 2.99. The van der Waals surface area contributed by atoms with Crippen molar-refractivity contribution < 1.29 is 23.4 Å². The number of rotatable bonds is 3. The fraction of sp³-hybridized carbons (Fsp3) is 0. The smallest absolute Gasteiger partial charge is 0.399 e. The summed E-state index contributed by atoms with van der Waals surface area (Å²) in [7, 11) is 0. The first kappa shape index (κ1) is 11.6. The van der Waals surface area contributed by atoms with Crippen molar-refractivity contribution in [3.8, 4) is 11.8 Å². The van der Waals surface area contributed by atoms with Crippen LogP contribution in [-0.4, -0.2) is 16.1 Å². The van der Waals surface area contributed by atoms with Crippen LogP contribution < -0.4 is 4.74 Å². The van der Waals surface area contributed by atoms with Crippen molar-refractivity contribution in [3.05, 3.63) is 40.4 Å². The third-order valence-corrected chi connectivity index (χ3v) is 2.41. The van der Waals surface area contributed by atoms with Crippen LogP contribution in [0.2, 0.25) is 0 Å². The fourth-order valence-corrected chi connectivity index (χ4v) is 1.40. The zero-order valence-corrected chi connectivity index (χ0v) is 9.77. The molecule has 17 heavy (non-hydrogen) atoms. The number of ether oxygens (including phenoxy) is 1. The number of halogens is 2. The summed E-state index contributed by atoms with van der Waals surface area (Å²) in [5.74, 6) is -1.38. The summed E-state index contributed by atoms with van der Waals surface area (Å²) in [5.41, 5.74) is -0.263. The van der Waals surface area contributed by atoms with Gasteiger partial charge in [0, 0.05) is 0 Å². The van der Waals surface area contributed by atoms with Crippen LogP contribution >= 0.6 is 15.9 Å². The predicted molar refractivity (Wildman–Crippen MR) is 57.6 cm³/mol. The molecule has 0 fully saturated rings. The number of hydrogen-bond donors (Lipinski definition) is 1. The molecule has 7 heteroatoms. The molecule has 1 aromatic heterocycles. The molecular weight excluding hydrogens is 297 g/mol. The number of aromatic carboxylic acids is 1. The average Bonchev–Trinajstić information content (AvgIpc) is 2.72. The Morgan fingerprint density at radius 1 is 1.53 bits per heavy atom. The maximum absolute atomic E-state index is 12.9. The van der Waals surface area contributed by atoms with E-state index < -0.39 is 11.8 Å². The molecule has 2 aromatic rings. The molecule has 1 N–H and O–H groups in total. The number of nitrogens with zero attached hydrogens (tertiary/aromatic N) is 1. The normalized spacial score (nSPS) is 10.2. The first-order valence-electron chi connectivity index (χ1n) is 4.38. The minimum absolute atomic E-state index is 0.221. The molecule has 88 valence electrons. The van der Waals surface area contributed by atoms with Gasteiger partial charge in [0.2, 0.25) is 0 Å². The average molecular weight is 302 g/mol. The molecule has 1 aromatic carbocycles. The van der Waals surface area contributed by atoms with Crippen molar-refractivity contribution in [2.24, 2.45) is 0 Å². The van der Waals surface area contributed by atoms with E-state index in [0.29, 0.717) is 0 Å². The van der Waals surface area contributed by atoms with E-state index in [9.17, 15) is 9.18 Å². The standard InChI is InChI=1S/C10H5BrFNO4/c11-6-3-5(1-2-7(6)12)17-10-13-8(4-16-10)9(14)15/h1-4H,(H,14,15). The largest absolute Gasteiger partial charge is 0.476 e. The quantitative estimate of drug-likeness (QED) is 0.943. The second-order valence-electron chi connectivity index (χ2n) is 2.98. The van der Waals surface area contributed by atoms with Crippen LogP contribution in [0.15, 0.2) is 33.4 Å². The first-order chi connectivity index (χ1) is 8.06. The van der Waals surface area contributed by atoms with E-state index in [4.69, 9.17) is 14.3 Å². The van der Waals surface area contributed by atoms with Gasteiger partial charge in [0.15, 0.2) is 5.69 Å². The van der Waals surface area contributed by atoms with Gasteiger partial charge in [-0.3, -0.25) is 0 Å². The summed E-state index contributed by atoms with van der Waals surface area (Å²) in [6.07, 6.45) is 0.733. The Labute approximate surface area is 103 Å². The Hall–Kier alpha value is -1.89. The second-order valence-corrected chi connectivity index (χ2v) is 3.84. The van der Waals surface area contributed by atoms with Gasteiger partial charge in [-0.05, 0) is 34.1 Å². The number of oxazole rings is 1. The van der Waals surface area contributed by atoms with Crippen LogP contribution in [0, 0.1) is 5.82 Å². The van der Waals surface area contributed by atoms with Gasteiger partial charge in [-0.2, -0.15) is 4.98 Å². The SMILES string of the molecule is O=C(O)c1coc(Oc2ccc(F)c(Br)c2)n1. The Balaban J connectivity index is 2.19. The maximum atomic E-state index is 12.9. The van der Waals surface area contributed by atoms with Crippen molar-refractivity contribution in [1.29, 1.82) is 0 Å². The van der Waals surface area contributed by atoms with Gasteiger partial charge in [0.25, 0.3) is 0 Å². The van der Waals surface area contributed by atoms with Gasteiger partial charge in [-0.15, -0.1) is 0 Å². The topological polar surface area (TPSA) is 72.6 Å². The lowest BCUT2D eigenvalue weighted by atomic mass is 10.3. The molecule has 0 aliphatic heterocycles. The van der Waals surface area contributed by atoms with Crippen molar-refractivity contribution in [3.63, 3.8) is 0 Å². The van der Waals surface area contributed by atoms with Gasteiger partial charge in [-0.25, -0.2) is 9.18 Å². The fourth-order valence-electron chi connectivity index (χ4n) is 1.04. The zero-order valence-electron chi connectivity index (χ0n) is 8.18. The van der Waals surface area contributed by atoms with Crippen LogP contribution in [0.4, 0.5) is 4.39 Å². The van der Waals surface area contributed by atoms with Crippen LogP contribution in [0.5, 0.6) is 11.8 Å². The Bertz CT molecular complexity index is 569. The molecule has 5 nitrogen and oxygen atoms in total. The minimum Gasteiger partial charge on any atom is -0.476 e. The third kappa shape index (κ3) is 2.62. The molecule has 0 aliphatic carbocycles. The number of aromatic nitrogens is 1. The van der Waals surface area contributed by atoms with Crippen LogP contribution in [0.1, 0.15) is 10.5 Å². The molecule has 0 amide bonds. The van der Waals surface area contributed by atoms with E-state index in [1.165, 1.54) is 18.2 Å².